The minimum absolute atomic E-state index is 0.909. The summed E-state index contributed by atoms with van der Waals surface area (Å²) >= 11 is 0. The van der Waals surface area contributed by atoms with Gasteiger partial charge in [-0.3, -0.25) is 0 Å². The van der Waals surface area contributed by atoms with E-state index in [1.54, 1.807) is 7.11 Å². The molecule has 1 radical (unpaired) electrons. The standard InChI is InChI=1S/C22H17O/c1-15-6-3-10-21-18(15)8-5-9-19(21)17-12-13-20-16(14-17)7-4-11-22(20)23-2/h3-8,10-14H,1-2H3. The number of aryl methyl sites for hydroxylation is 1. The van der Waals surface area contributed by atoms with Crippen LogP contribution in [-0.4, -0.2) is 7.11 Å². The summed E-state index contributed by atoms with van der Waals surface area (Å²) in [6.45, 7) is 2.15. The molecule has 0 fully saturated rings. The molecule has 0 saturated heterocycles. The molecule has 0 saturated carbocycles. The summed E-state index contributed by atoms with van der Waals surface area (Å²) in [6.07, 6.45) is 0. The van der Waals surface area contributed by atoms with Crippen LogP contribution in [-0.2, 0) is 0 Å². The third kappa shape index (κ3) is 2.25. The lowest BCUT2D eigenvalue weighted by atomic mass is 9.94. The smallest absolute Gasteiger partial charge is 0.126 e. The van der Waals surface area contributed by atoms with Gasteiger partial charge < -0.3 is 4.74 Å². The second kappa shape index (κ2) is 5.44. The third-order valence-corrected chi connectivity index (χ3v) is 4.42. The van der Waals surface area contributed by atoms with Crippen LogP contribution in [0.1, 0.15) is 5.56 Å². The largest absolute Gasteiger partial charge is 0.496 e. The van der Waals surface area contributed by atoms with E-state index in [4.69, 9.17) is 4.74 Å². The lowest BCUT2D eigenvalue weighted by Crippen LogP contribution is -1.87. The van der Waals surface area contributed by atoms with Crippen molar-refractivity contribution in [3.8, 4) is 16.9 Å². The molecule has 1 heteroatoms. The predicted octanol–water partition coefficient (Wildman–Crippen LogP) is 5.78. The highest BCUT2D eigenvalue weighted by Gasteiger charge is 2.07. The van der Waals surface area contributed by atoms with Gasteiger partial charge in [-0.15, -0.1) is 0 Å². The van der Waals surface area contributed by atoms with E-state index in [2.05, 4.69) is 61.5 Å². The van der Waals surface area contributed by atoms with Gasteiger partial charge in [-0.1, -0.05) is 54.6 Å². The second-order valence-corrected chi connectivity index (χ2v) is 5.79. The van der Waals surface area contributed by atoms with E-state index in [0.717, 1.165) is 16.7 Å². The van der Waals surface area contributed by atoms with Crippen molar-refractivity contribution >= 4 is 21.5 Å². The van der Waals surface area contributed by atoms with Crippen molar-refractivity contribution < 1.29 is 4.74 Å². The summed E-state index contributed by atoms with van der Waals surface area (Å²) in [5, 5.41) is 4.84. The van der Waals surface area contributed by atoms with Crippen LogP contribution in [0, 0.1) is 13.0 Å². The fraction of sp³-hybridized carbons (Fsp3) is 0.0909. The maximum atomic E-state index is 5.45. The first kappa shape index (κ1) is 13.8. The van der Waals surface area contributed by atoms with Crippen LogP contribution in [0.25, 0.3) is 32.7 Å². The van der Waals surface area contributed by atoms with Gasteiger partial charge in [0, 0.05) is 5.39 Å². The fourth-order valence-electron chi connectivity index (χ4n) is 3.23. The number of hydrogen-bond donors (Lipinski definition) is 0. The lowest BCUT2D eigenvalue weighted by molar-refractivity contribution is 0.420. The fourth-order valence-corrected chi connectivity index (χ4v) is 3.23. The van der Waals surface area contributed by atoms with Crippen LogP contribution in [0.4, 0.5) is 0 Å². The average molecular weight is 297 g/mol. The van der Waals surface area contributed by atoms with Gasteiger partial charge in [0.15, 0.2) is 0 Å². The van der Waals surface area contributed by atoms with E-state index < -0.39 is 0 Å². The molecule has 23 heavy (non-hydrogen) atoms. The number of fused-ring (bicyclic) bond motifs is 2. The summed E-state index contributed by atoms with van der Waals surface area (Å²) in [5.41, 5.74) is 3.62. The highest BCUT2D eigenvalue weighted by Crippen LogP contribution is 2.33. The van der Waals surface area contributed by atoms with Crippen LogP contribution in [0.2, 0.25) is 0 Å². The van der Waals surface area contributed by atoms with Crippen molar-refractivity contribution in [2.45, 2.75) is 6.92 Å². The maximum Gasteiger partial charge on any atom is 0.126 e. The van der Waals surface area contributed by atoms with E-state index in [1.807, 2.05) is 18.2 Å². The van der Waals surface area contributed by atoms with Crippen LogP contribution < -0.4 is 4.74 Å². The SMILES string of the molecule is COc1cccc2cc(-c3[c]ccc4c(C)cccc34)ccc12. The maximum absolute atomic E-state index is 5.45. The van der Waals surface area contributed by atoms with Crippen LogP contribution in [0.3, 0.4) is 0 Å². The first-order valence-corrected chi connectivity index (χ1v) is 7.75. The quantitative estimate of drug-likeness (QED) is 0.456. The van der Waals surface area contributed by atoms with Gasteiger partial charge in [0.05, 0.1) is 7.11 Å². The minimum Gasteiger partial charge on any atom is -0.496 e. The molecule has 0 atom stereocenters. The molecule has 4 aromatic carbocycles. The number of rotatable bonds is 2. The molecular formula is C22H17O. The number of methoxy groups -OCH3 is 1. The molecule has 0 heterocycles. The van der Waals surface area contributed by atoms with Crippen molar-refractivity contribution in [3.63, 3.8) is 0 Å². The van der Waals surface area contributed by atoms with Gasteiger partial charge in [-0.2, -0.15) is 0 Å². The molecule has 111 valence electrons. The van der Waals surface area contributed by atoms with E-state index in [9.17, 15) is 0 Å². The van der Waals surface area contributed by atoms with Crippen molar-refractivity contribution in [1.82, 2.24) is 0 Å². The van der Waals surface area contributed by atoms with E-state index in [1.165, 1.54) is 27.3 Å². The van der Waals surface area contributed by atoms with Crippen molar-refractivity contribution in [2.75, 3.05) is 7.11 Å². The lowest BCUT2D eigenvalue weighted by Gasteiger charge is -2.10. The molecule has 0 N–H and O–H groups in total. The molecule has 0 aromatic heterocycles. The Morgan fingerprint density at radius 2 is 1.70 bits per heavy atom. The summed E-state index contributed by atoms with van der Waals surface area (Å²) in [5.74, 6) is 0.909. The van der Waals surface area contributed by atoms with Gasteiger partial charge in [-0.25, -0.2) is 0 Å². The first-order chi connectivity index (χ1) is 11.3. The molecule has 0 aliphatic carbocycles. The molecule has 0 amide bonds. The highest BCUT2D eigenvalue weighted by atomic mass is 16.5. The molecule has 4 aromatic rings. The molecule has 0 spiro atoms. The van der Waals surface area contributed by atoms with Crippen molar-refractivity contribution in [3.05, 3.63) is 78.4 Å². The zero-order chi connectivity index (χ0) is 15.8. The Bertz CT molecular complexity index is 1010. The summed E-state index contributed by atoms with van der Waals surface area (Å²) in [6, 6.07) is 26.6. The van der Waals surface area contributed by atoms with Gasteiger partial charge in [-0.05, 0) is 58.0 Å². The monoisotopic (exact) mass is 297 g/mol. The molecule has 0 aliphatic heterocycles. The number of ether oxygens (including phenoxy) is 1. The van der Waals surface area contributed by atoms with Gasteiger partial charge >= 0.3 is 0 Å². The zero-order valence-electron chi connectivity index (χ0n) is 13.3. The topological polar surface area (TPSA) is 9.23 Å². The predicted molar refractivity (Wildman–Crippen MR) is 97.0 cm³/mol. The Labute approximate surface area is 136 Å². The molecule has 0 unspecified atom stereocenters. The molecule has 4 rings (SSSR count). The van der Waals surface area contributed by atoms with Crippen LogP contribution in [0.15, 0.2) is 66.7 Å². The van der Waals surface area contributed by atoms with E-state index in [0.29, 0.717) is 0 Å². The van der Waals surface area contributed by atoms with Gasteiger partial charge in [0.2, 0.25) is 0 Å². The van der Waals surface area contributed by atoms with Gasteiger partial charge in [0.25, 0.3) is 0 Å². The molecule has 1 nitrogen and oxygen atoms in total. The Morgan fingerprint density at radius 1 is 0.826 bits per heavy atom. The Kier molecular flexibility index (Phi) is 3.27. The average Bonchev–Trinajstić information content (AvgIpc) is 2.60. The Morgan fingerprint density at radius 3 is 2.57 bits per heavy atom. The number of hydrogen-bond acceptors (Lipinski definition) is 1. The summed E-state index contributed by atoms with van der Waals surface area (Å²) in [7, 11) is 1.71. The number of benzene rings is 4. The Hall–Kier alpha value is -2.80. The zero-order valence-corrected chi connectivity index (χ0v) is 13.3. The third-order valence-electron chi connectivity index (χ3n) is 4.42. The Balaban J connectivity index is 1.98. The summed E-state index contributed by atoms with van der Waals surface area (Å²) in [4.78, 5) is 0. The highest BCUT2D eigenvalue weighted by molar-refractivity contribution is 6.00. The van der Waals surface area contributed by atoms with Crippen LogP contribution >= 0.6 is 0 Å². The van der Waals surface area contributed by atoms with Crippen molar-refractivity contribution in [2.24, 2.45) is 0 Å². The van der Waals surface area contributed by atoms with E-state index >= 15 is 0 Å². The van der Waals surface area contributed by atoms with Gasteiger partial charge in [0.1, 0.15) is 5.75 Å². The first-order valence-electron chi connectivity index (χ1n) is 7.75. The van der Waals surface area contributed by atoms with Crippen LogP contribution in [0.5, 0.6) is 5.75 Å². The van der Waals surface area contributed by atoms with E-state index in [-0.39, 0.29) is 0 Å². The molecule has 0 aliphatic rings. The summed E-state index contributed by atoms with van der Waals surface area (Å²) < 4.78 is 5.45. The normalized spacial score (nSPS) is 11.0. The van der Waals surface area contributed by atoms with Crippen molar-refractivity contribution in [1.29, 1.82) is 0 Å². The molecular weight excluding hydrogens is 280 g/mol. The minimum atomic E-state index is 0.909. The second-order valence-electron chi connectivity index (χ2n) is 5.79. The molecule has 0 bridgehead atoms.